The van der Waals surface area contributed by atoms with E-state index in [0.29, 0.717) is 5.82 Å². The van der Waals surface area contributed by atoms with Crippen molar-refractivity contribution in [3.8, 4) is 11.4 Å². The Hall–Kier alpha value is -2.77. The lowest BCUT2D eigenvalue weighted by molar-refractivity contribution is -0.120. The van der Waals surface area contributed by atoms with Crippen LogP contribution in [0.25, 0.3) is 22.4 Å². The van der Waals surface area contributed by atoms with Crippen molar-refractivity contribution >= 4 is 16.9 Å². The van der Waals surface area contributed by atoms with Crippen LogP contribution in [0.15, 0.2) is 18.2 Å². The number of H-pyrrole nitrogens is 1. The van der Waals surface area contributed by atoms with E-state index in [-0.39, 0.29) is 12.3 Å². The fourth-order valence-electron chi connectivity index (χ4n) is 2.41. The van der Waals surface area contributed by atoms with Gasteiger partial charge in [0.1, 0.15) is 11.0 Å². The van der Waals surface area contributed by atoms with Gasteiger partial charge in [0.2, 0.25) is 5.91 Å². The van der Waals surface area contributed by atoms with Crippen LogP contribution in [0.4, 0.5) is 0 Å². The minimum absolute atomic E-state index is 0.108. The molecule has 0 saturated heterocycles. The highest BCUT2D eigenvalue weighted by molar-refractivity contribution is 5.89. The van der Waals surface area contributed by atoms with E-state index in [2.05, 4.69) is 37.7 Å². The number of hydrogen-bond donors (Lipinski definition) is 2. The molecule has 8 heteroatoms. The second-order valence-corrected chi connectivity index (χ2v) is 5.28. The number of nitrogens with zero attached hydrogens (tertiary/aromatic N) is 5. The molecule has 8 nitrogen and oxygen atoms in total. The summed E-state index contributed by atoms with van der Waals surface area (Å²) in [6, 6.07) is 5.75. The van der Waals surface area contributed by atoms with E-state index < -0.39 is 0 Å². The summed E-state index contributed by atoms with van der Waals surface area (Å²) in [5, 5.41) is 18.0. The van der Waals surface area contributed by atoms with Crippen LogP contribution in [0.2, 0.25) is 0 Å². The Morgan fingerprint density at radius 3 is 3.00 bits per heavy atom. The Kier molecular flexibility index (Phi) is 4.31. The molecule has 1 aromatic carbocycles. The lowest BCUT2D eigenvalue weighted by Crippen LogP contribution is -2.20. The molecule has 3 rings (SSSR count). The van der Waals surface area contributed by atoms with Crippen molar-refractivity contribution in [1.29, 1.82) is 0 Å². The second-order valence-electron chi connectivity index (χ2n) is 5.28. The van der Waals surface area contributed by atoms with Crippen molar-refractivity contribution in [2.75, 3.05) is 7.05 Å². The molecule has 0 spiro atoms. The van der Waals surface area contributed by atoms with Crippen LogP contribution in [0, 0.1) is 0 Å². The summed E-state index contributed by atoms with van der Waals surface area (Å²) in [4.78, 5) is 16.2. The van der Waals surface area contributed by atoms with Gasteiger partial charge in [0.25, 0.3) is 0 Å². The smallest absolute Gasteiger partial charge is 0.227 e. The zero-order valence-corrected chi connectivity index (χ0v) is 13.2. The summed E-state index contributed by atoms with van der Waals surface area (Å²) in [6.45, 7) is 2.88. The van der Waals surface area contributed by atoms with Gasteiger partial charge >= 0.3 is 0 Å². The molecular weight excluding hydrogens is 294 g/mol. The molecule has 0 radical (unpaired) electrons. The molecule has 23 heavy (non-hydrogen) atoms. The van der Waals surface area contributed by atoms with Gasteiger partial charge < -0.3 is 5.32 Å². The second kappa shape index (κ2) is 6.55. The quantitative estimate of drug-likeness (QED) is 0.714. The number of para-hydroxylation sites is 1. The van der Waals surface area contributed by atoms with Crippen LogP contribution in [0.1, 0.15) is 25.6 Å². The first-order valence-corrected chi connectivity index (χ1v) is 7.67. The Morgan fingerprint density at radius 1 is 1.35 bits per heavy atom. The van der Waals surface area contributed by atoms with Crippen LogP contribution in [-0.4, -0.2) is 43.1 Å². The molecule has 3 aromatic rings. The number of rotatable bonds is 6. The molecule has 0 bridgehead atoms. The monoisotopic (exact) mass is 313 g/mol. The van der Waals surface area contributed by atoms with Gasteiger partial charge in [0.15, 0.2) is 11.6 Å². The number of carbonyl (C=O) groups excluding carboxylic acids is 1. The normalized spacial score (nSPS) is 11.0. The average Bonchev–Trinajstić information content (AvgIpc) is 3.19. The molecule has 0 fully saturated rings. The molecular formula is C15H19N7O. The van der Waals surface area contributed by atoms with E-state index in [9.17, 15) is 4.79 Å². The van der Waals surface area contributed by atoms with E-state index in [4.69, 9.17) is 0 Å². The van der Waals surface area contributed by atoms with Crippen molar-refractivity contribution in [3.63, 3.8) is 0 Å². The molecule has 0 atom stereocenters. The van der Waals surface area contributed by atoms with Crippen LogP contribution in [-0.2, 0) is 17.8 Å². The zero-order chi connectivity index (χ0) is 16.2. The van der Waals surface area contributed by atoms with Crippen LogP contribution in [0.3, 0.4) is 0 Å². The predicted octanol–water partition coefficient (Wildman–Crippen LogP) is 1.30. The number of hydrogen-bond acceptors (Lipinski definition) is 5. The first-order chi connectivity index (χ1) is 11.2. The van der Waals surface area contributed by atoms with Crippen LogP contribution in [0.5, 0.6) is 0 Å². The minimum Gasteiger partial charge on any atom is -0.359 e. The number of benzene rings is 1. The molecule has 0 aliphatic rings. The third-order valence-electron chi connectivity index (χ3n) is 3.62. The number of fused-ring (bicyclic) bond motifs is 1. The number of aryl methyl sites for hydroxylation is 1. The SMILES string of the molecule is CCCCn1nc(CC(=O)NC)nc1-c1cccc2n[nH]nc12. The number of nitrogens with one attached hydrogen (secondary N) is 2. The molecule has 1 amide bonds. The Morgan fingerprint density at radius 2 is 2.22 bits per heavy atom. The number of aromatic nitrogens is 6. The molecule has 120 valence electrons. The highest BCUT2D eigenvalue weighted by Crippen LogP contribution is 2.25. The lowest BCUT2D eigenvalue weighted by atomic mass is 10.1. The van der Waals surface area contributed by atoms with Gasteiger partial charge in [-0.05, 0) is 18.6 Å². The standard InChI is InChI=1S/C15H19N7O/c1-3-4-8-22-15(17-12(20-22)9-13(23)16-2)10-6-5-7-11-14(10)19-21-18-11/h5-7H,3-4,8-9H2,1-2H3,(H,16,23)(H,18,19,21). The van der Waals surface area contributed by atoms with E-state index in [0.717, 1.165) is 41.8 Å². The largest absolute Gasteiger partial charge is 0.359 e. The van der Waals surface area contributed by atoms with E-state index in [1.54, 1.807) is 7.05 Å². The Bertz CT molecular complexity index is 820. The van der Waals surface area contributed by atoms with E-state index in [1.165, 1.54) is 0 Å². The first-order valence-electron chi connectivity index (χ1n) is 7.67. The van der Waals surface area contributed by atoms with E-state index >= 15 is 0 Å². The number of amides is 1. The summed E-state index contributed by atoms with van der Waals surface area (Å²) in [6.07, 6.45) is 2.21. The predicted molar refractivity (Wildman–Crippen MR) is 85.6 cm³/mol. The summed E-state index contributed by atoms with van der Waals surface area (Å²) in [5.41, 5.74) is 2.40. The highest BCUT2D eigenvalue weighted by Gasteiger charge is 2.17. The molecule has 2 heterocycles. The summed E-state index contributed by atoms with van der Waals surface area (Å²) in [5.74, 6) is 1.12. The van der Waals surface area contributed by atoms with Gasteiger partial charge in [-0.15, -0.1) is 0 Å². The first kappa shape index (κ1) is 15.1. The van der Waals surface area contributed by atoms with Gasteiger partial charge in [-0.1, -0.05) is 19.4 Å². The average molecular weight is 313 g/mol. The minimum atomic E-state index is -0.108. The topological polar surface area (TPSA) is 101 Å². The number of aromatic amines is 1. The van der Waals surface area contributed by atoms with Crippen molar-refractivity contribution in [2.24, 2.45) is 0 Å². The van der Waals surface area contributed by atoms with Crippen molar-refractivity contribution in [2.45, 2.75) is 32.7 Å². The van der Waals surface area contributed by atoms with Gasteiger partial charge in [-0.3, -0.25) is 4.79 Å². The zero-order valence-electron chi connectivity index (χ0n) is 13.2. The molecule has 0 aliphatic carbocycles. The molecule has 2 aromatic heterocycles. The lowest BCUT2D eigenvalue weighted by Gasteiger charge is -2.05. The fourth-order valence-corrected chi connectivity index (χ4v) is 2.41. The van der Waals surface area contributed by atoms with Crippen molar-refractivity contribution in [3.05, 3.63) is 24.0 Å². The van der Waals surface area contributed by atoms with Crippen LogP contribution < -0.4 is 5.32 Å². The third kappa shape index (κ3) is 3.05. The maximum Gasteiger partial charge on any atom is 0.227 e. The summed E-state index contributed by atoms with van der Waals surface area (Å²) in [7, 11) is 1.60. The van der Waals surface area contributed by atoms with Gasteiger partial charge in [0.05, 0.1) is 6.42 Å². The molecule has 2 N–H and O–H groups in total. The van der Waals surface area contributed by atoms with Crippen LogP contribution >= 0.6 is 0 Å². The van der Waals surface area contributed by atoms with Gasteiger partial charge in [-0.25, -0.2) is 9.67 Å². The summed E-state index contributed by atoms with van der Waals surface area (Å²) < 4.78 is 1.85. The highest BCUT2D eigenvalue weighted by atomic mass is 16.1. The maximum atomic E-state index is 11.6. The molecule has 0 aliphatic heterocycles. The van der Waals surface area contributed by atoms with E-state index in [1.807, 2.05) is 22.9 Å². The fraction of sp³-hybridized carbons (Fsp3) is 0.400. The number of unbranched alkanes of at least 4 members (excludes halogenated alkanes) is 1. The number of carbonyl (C=O) groups is 1. The van der Waals surface area contributed by atoms with Crippen molar-refractivity contribution in [1.82, 2.24) is 35.5 Å². The molecule has 0 unspecified atom stereocenters. The molecule has 0 saturated carbocycles. The Balaban J connectivity index is 2.05. The van der Waals surface area contributed by atoms with Crippen molar-refractivity contribution < 1.29 is 4.79 Å². The van der Waals surface area contributed by atoms with Gasteiger partial charge in [0, 0.05) is 19.2 Å². The van der Waals surface area contributed by atoms with Gasteiger partial charge in [-0.2, -0.15) is 20.5 Å². The summed E-state index contributed by atoms with van der Waals surface area (Å²) >= 11 is 0. The third-order valence-corrected chi connectivity index (χ3v) is 3.62. The number of likely N-dealkylation sites (N-methyl/N-ethyl adjacent to an activating group) is 1. The maximum absolute atomic E-state index is 11.6. The Labute approximate surface area is 133 Å².